The second-order valence-electron chi connectivity index (χ2n) is 5.21. The van der Waals surface area contributed by atoms with Crippen LogP contribution in [0.2, 0.25) is 0 Å². The monoisotopic (exact) mass is 434 g/mol. The summed E-state index contributed by atoms with van der Waals surface area (Å²) < 4.78 is 11.1. The maximum atomic E-state index is 5.61. The molecule has 23 heavy (non-hydrogen) atoms. The molecule has 2 rings (SSSR count). The first-order valence-electron chi connectivity index (χ1n) is 7.92. The van der Waals surface area contributed by atoms with Crippen molar-refractivity contribution < 1.29 is 9.47 Å². The Morgan fingerprint density at radius 2 is 2.26 bits per heavy atom. The highest BCUT2D eigenvalue weighted by atomic mass is 127. The number of aromatic nitrogens is 1. The third-order valence-corrected chi connectivity index (χ3v) is 3.49. The minimum Gasteiger partial charge on any atom is -0.377 e. The van der Waals surface area contributed by atoms with E-state index in [-0.39, 0.29) is 30.1 Å². The summed E-state index contributed by atoms with van der Waals surface area (Å²) >= 11 is 0. The van der Waals surface area contributed by atoms with E-state index in [0.717, 1.165) is 50.6 Å². The summed E-state index contributed by atoms with van der Waals surface area (Å²) in [7, 11) is 1.77. The highest BCUT2D eigenvalue weighted by molar-refractivity contribution is 14.0. The van der Waals surface area contributed by atoms with E-state index in [2.05, 4.69) is 20.6 Å². The number of hydrogen-bond acceptors (Lipinski definition) is 4. The van der Waals surface area contributed by atoms with E-state index in [1.54, 1.807) is 7.05 Å². The molecule has 0 amide bonds. The van der Waals surface area contributed by atoms with Crippen LogP contribution in [0.1, 0.15) is 18.5 Å². The number of ether oxygens (including phenoxy) is 2. The van der Waals surface area contributed by atoms with Crippen molar-refractivity contribution in [1.29, 1.82) is 0 Å². The Labute approximate surface area is 155 Å². The Morgan fingerprint density at radius 1 is 1.39 bits per heavy atom. The molecule has 1 atom stereocenters. The molecular weight excluding hydrogens is 407 g/mol. The van der Waals surface area contributed by atoms with E-state index in [4.69, 9.17) is 9.47 Å². The summed E-state index contributed by atoms with van der Waals surface area (Å²) in [6.07, 6.45) is 5.24. The lowest BCUT2D eigenvalue weighted by molar-refractivity contribution is 0.0191. The number of hydrogen-bond donors (Lipinski definition) is 2. The van der Waals surface area contributed by atoms with Crippen LogP contribution in [0.15, 0.2) is 29.4 Å². The van der Waals surface area contributed by atoms with Crippen LogP contribution in [-0.4, -0.2) is 57.0 Å². The number of nitrogens with one attached hydrogen (secondary N) is 2. The molecule has 1 fully saturated rings. The number of guanidine groups is 1. The van der Waals surface area contributed by atoms with Crippen molar-refractivity contribution in [3.63, 3.8) is 0 Å². The molecule has 1 aliphatic heterocycles. The van der Waals surface area contributed by atoms with Crippen LogP contribution >= 0.6 is 24.0 Å². The van der Waals surface area contributed by atoms with Gasteiger partial charge in [0.05, 0.1) is 19.3 Å². The van der Waals surface area contributed by atoms with Crippen molar-refractivity contribution in [3.8, 4) is 0 Å². The lowest BCUT2D eigenvalue weighted by Gasteiger charge is -2.13. The second kappa shape index (κ2) is 12.5. The summed E-state index contributed by atoms with van der Waals surface area (Å²) in [5, 5.41) is 6.50. The van der Waals surface area contributed by atoms with E-state index in [0.29, 0.717) is 13.2 Å². The maximum absolute atomic E-state index is 5.61. The molecule has 1 aromatic rings. The summed E-state index contributed by atoms with van der Waals surface area (Å²) in [6, 6.07) is 5.95. The van der Waals surface area contributed by atoms with Crippen molar-refractivity contribution >= 4 is 29.9 Å². The number of halogens is 1. The zero-order chi connectivity index (χ0) is 15.5. The van der Waals surface area contributed by atoms with Crippen LogP contribution in [-0.2, 0) is 15.9 Å². The predicted octanol–water partition coefficient (Wildman–Crippen LogP) is 1.60. The van der Waals surface area contributed by atoms with Gasteiger partial charge in [0.15, 0.2) is 5.96 Å². The van der Waals surface area contributed by atoms with Gasteiger partial charge < -0.3 is 20.1 Å². The van der Waals surface area contributed by atoms with E-state index >= 15 is 0 Å². The van der Waals surface area contributed by atoms with Crippen LogP contribution in [0.25, 0.3) is 0 Å². The molecule has 0 spiro atoms. The molecule has 130 valence electrons. The number of rotatable bonds is 8. The Bertz CT molecular complexity index is 439. The fourth-order valence-electron chi connectivity index (χ4n) is 2.31. The van der Waals surface area contributed by atoms with Gasteiger partial charge in [0, 0.05) is 45.1 Å². The molecule has 7 heteroatoms. The van der Waals surface area contributed by atoms with Gasteiger partial charge in [0.1, 0.15) is 0 Å². The Hall–Kier alpha value is -0.930. The number of nitrogens with zero attached hydrogens (tertiary/aromatic N) is 2. The average molecular weight is 434 g/mol. The predicted molar refractivity (Wildman–Crippen MR) is 103 cm³/mol. The minimum absolute atomic E-state index is 0. The van der Waals surface area contributed by atoms with E-state index in [9.17, 15) is 0 Å². The van der Waals surface area contributed by atoms with E-state index in [1.165, 1.54) is 0 Å². The van der Waals surface area contributed by atoms with Gasteiger partial charge in [-0.3, -0.25) is 9.98 Å². The Morgan fingerprint density at radius 3 is 2.96 bits per heavy atom. The van der Waals surface area contributed by atoms with Crippen molar-refractivity contribution in [1.82, 2.24) is 15.6 Å². The van der Waals surface area contributed by atoms with Gasteiger partial charge in [-0.2, -0.15) is 0 Å². The quantitative estimate of drug-likeness (QED) is 0.282. The number of aliphatic imine (C=N–C) groups is 1. The molecule has 1 aromatic heterocycles. The smallest absolute Gasteiger partial charge is 0.191 e. The van der Waals surface area contributed by atoms with Crippen molar-refractivity contribution in [2.75, 3.05) is 40.0 Å². The van der Waals surface area contributed by atoms with Crippen molar-refractivity contribution in [2.24, 2.45) is 4.99 Å². The Kier molecular flexibility index (Phi) is 10.9. The van der Waals surface area contributed by atoms with Crippen molar-refractivity contribution in [3.05, 3.63) is 30.1 Å². The highest BCUT2D eigenvalue weighted by Crippen LogP contribution is 2.11. The third kappa shape index (κ3) is 8.47. The van der Waals surface area contributed by atoms with Gasteiger partial charge in [-0.05, 0) is 25.0 Å². The fraction of sp³-hybridized carbons (Fsp3) is 0.625. The second-order valence-corrected chi connectivity index (χ2v) is 5.21. The van der Waals surface area contributed by atoms with Gasteiger partial charge in [0.25, 0.3) is 0 Å². The molecule has 0 aliphatic carbocycles. The van der Waals surface area contributed by atoms with Gasteiger partial charge in [-0.15, -0.1) is 24.0 Å². The summed E-state index contributed by atoms with van der Waals surface area (Å²) in [6.45, 7) is 3.75. The first-order valence-corrected chi connectivity index (χ1v) is 7.92. The molecule has 0 aromatic carbocycles. The number of pyridine rings is 1. The zero-order valence-electron chi connectivity index (χ0n) is 13.7. The molecule has 2 heterocycles. The molecule has 1 aliphatic rings. The van der Waals surface area contributed by atoms with E-state index < -0.39 is 0 Å². The molecular formula is C16H27IN4O2. The zero-order valence-corrected chi connectivity index (χ0v) is 16.0. The average Bonchev–Trinajstić information content (AvgIpc) is 3.07. The largest absolute Gasteiger partial charge is 0.377 e. The van der Waals surface area contributed by atoms with E-state index in [1.807, 2.05) is 24.4 Å². The fourth-order valence-corrected chi connectivity index (χ4v) is 2.31. The maximum Gasteiger partial charge on any atom is 0.191 e. The first kappa shape index (κ1) is 20.1. The standard InChI is InChI=1S/C16H26N4O2.HI/c1-17-16(19-9-7-14-5-2-3-8-18-14)20-10-12-21-13-15-6-4-11-22-15;/h2-3,5,8,15H,4,6-7,9-13H2,1H3,(H2,17,19,20);1H. The summed E-state index contributed by atoms with van der Waals surface area (Å²) in [5.41, 5.74) is 1.07. The van der Waals surface area contributed by atoms with Crippen LogP contribution < -0.4 is 10.6 Å². The van der Waals surface area contributed by atoms with Gasteiger partial charge in [-0.25, -0.2) is 0 Å². The molecule has 0 saturated carbocycles. The first-order chi connectivity index (χ1) is 10.9. The normalized spacial score (nSPS) is 17.6. The molecule has 2 N–H and O–H groups in total. The third-order valence-electron chi connectivity index (χ3n) is 3.49. The van der Waals surface area contributed by atoms with Crippen LogP contribution in [0.4, 0.5) is 0 Å². The van der Waals surface area contributed by atoms with Crippen LogP contribution in [0.5, 0.6) is 0 Å². The molecule has 6 nitrogen and oxygen atoms in total. The molecule has 0 radical (unpaired) electrons. The summed E-state index contributed by atoms with van der Waals surface area (Å²) in [4.78, 5) is 8.48. The van der Waals surface area contributed by atoms with Crippen LogP contribution in [0, 0.1) is 0 Å². The SMILES string of the molecule is CN=C(NCCOCC1CCCO1)NCCc1ccccn1.I. The van der Waals surface area contributed by atoms with Gasteiger partial charge in [-0.1, -0.05) is 6.07 Å². The lowest BCUT2D eigenvalue weighted by Crippen LogP contribution is -2.40. The van der Waals surface area contributed by atoms with Crippen molar-refractivity contribution in [2.45, 2.75) is 25.4 Å². The molecule has 1 saturated heterocycles. The van der Waals surface area contributed by atoms with Gasteiger partial charge >= 0.3 is 0 Å². The minimum atomic E-state index is 0. The molecule has 0 bridgehead atoms. The Balaban J connectivity index is 0.00000264. The topological polar surface area (TPSA) is 67.8 Å². The van der Waals surface area contributed by atoms with Crippen LogP contribution in [0.3, 0.4) is 0 Å². The highest BCUT2D eigenvalue weighted by Gasteiger charge is 2.14. The lowest BCUT2D eigenvalue weighted by atomic mass is 10.2. The molecule has 1 unspecified atom stereocenters. The summed E-state index contributed by atoms with van der Waals surface area (Å²) in [5.74, 6) is 0.789. The van der Waals surface area contributed by atoms with Gasteiger partial charge in [0.2, 0.25) is 0 Å².